The molecule has 2 rings (SSSR count). The molecular weight excluding hydrogens is 272 g/mol. The maximum absolute atomic E-state index is 12.2. The van der Waals surface area contributed by atoms with Crippen LogP contribution in [0.2, 0.25) is 0 Å². The Balaban J connectivity index is 2.12. The smallest absolute Gasteiger partial charge is 0.293 e. The van der Waals surface area contributed by atoms with E-state index in [1.807, 2.05) is 18.2 Å². The number of amides is 1. The van der Waals surface area contributed by atoms with Crippen LogP contribution in [0.1, 0.15) is 22.0 Å². The van der Waals surface area contributed by atoms with Gasteiger partial charge in [-0.05, 0) is 24.6 Å². The predicted octanol–water partition coefficient (Wildman–Crippen LogP) is 1.40. The van der Waals surface area contributed by atoms with Crippen molar-refractivity contribution >= 4 is 5.91 Å². The summed E-state index contributed by atoms with van der Waals surface area (Å²) in [5, 5.41) is 6.52. The number of aryl methyl sites for hydroxylation is 1. The van der Waals surface area contributed by atoms with Gasteiger partial charge in [0.2, 0.25) is 5.82 Å². The van der Waals surface area contributed by atoms with E-state index in [2.05, 4.69) is 15.2 Å². The molecule has 0 aliphatic rings. The average Bonchev–Trinajstić information content (AvgIpc) is 2.92. The van der Waals surface area contributed by atoms with Gasteiger partial charge in [-0.25, -0.2) is 4.98 Å². The van der Waals surface area contributed by atoms with Crippen molar-refractivity contribution in [2.45, 2.75) is 13.5 Å². The summed E-state index contributed by atoms with van der Waals surface area (Å²) in [5.41, 5.74) is 0.927. The molecule has 0 fully saturated rings. The monoisotopic (exact) mass is 290 g/mol. The molecule has 2 aromatic rings. The molecule has 0 saturated carbocycles. The standard InChI is InChI=1S/C14H18N4O3/c1-9-15-13(17-16-9)14(19)18(2)8-10-5-6-11(20-3)12(7-10)21-4/h5-7H,8H2,1-4H3,(H,15,16,17). The molecule has 0 spiro atoms. The second kappa shape index (κ2) is 6.25. The highest BCUT2D eigenvalue weighted by Gasteiger charge is 2.17. The van der Waals surface area contributed by atoms with Gasteiger partial charge >= 0.3 is 0 Å². The first kappa shape index (κ1) is 14.8. The maximum Gasteiger partial charge on any atom is 0.293 e. The fourth-order valence-electron chi connectivity index (χ4n) is 1.93. The van der Waals surface area contributed by atoms with E-state index in [9.17, 15) is 4.79 Å². The van der Waals surface area contributed by atoms with Crippen LogP contribution in [0.4, 0.5) is 0 Å². The minimum Gasteiger partial charge on any atom is -0.493 e. The molecule has 0 atom stereocenters. The molecule has 1 aromatic heterocycles. The van der Waals surface area contributed by atoms with Crippen molar-refractivity contribution in [1.29, 1.82) is 0 Å². The van der Waals surface area contributed by atoms with E-state index < -0.39 is 0 Å². The molecule has 0 saturated heterocycles. The molecule has 0 unspecified atom stereocenters. The van der Waals surface area contributed by atoms with E-state index >= 15 is 0 Å². The highest BCUT2D eigenvalue weighted by Crippen LogP contribution is 2.27. The van der Waals surface area contributed by atoms with Crippen molar-refractivity contribution in [2.75, 3.05) is 21.3 Å². The average molecular weight is 290 g/mol. The number of hydrogen-bond acceptors (Lipinski definition) is 5. The number of nitrogens with one attached hydrogen (secondary N) is 1. The Morgan fingerprint density at radius 1 is 1.29 bits per heavy atom. The lowest BCUT2D eigenvalue weighted by molar-refractivity contribution is 0.0773. The number of hydrogen-bond donors (Lipinski definition) is 1. The number of carbonyl (C=O) groups excluding carboxylic acids is 1. The van der Waals surface area contributed by atoms with Crippen LogP contribution in [0, 0.1) is 6.92 Å². The topological polar surface area (TPSA) is 80.3 Å². The molecule has 1 heterocycles. The van der Waals surface area contributed by atoms with E-state index in [4.69, 9.17) is 9.47 Å². The van der Waals surface area contributed by atoms with Gasteiger partial charge in [0, 0.05) is 13.6 Å². The number of nitrogens with zero attached hydrogens (tertiary/aromatic N) is 3. The lowest BCUT2D eigenvalue weighted by Gasteiger charge is -2.16. The van der Waals surface area contributed by atoms with Crippen molar-refractivity contribution in [2.24, 2.45) is 0 Å². The van der Waals surface area contributed by atoms with Crippen molar-refractivity contribution < 1.29 is 14.3 Å². The van der Waals surface area contributed by atoms with Crippen LogP contribution in [0.25, 0.3) is 0 Å². The number of ether oxygens (including phenoxy) is 2. The Kier molecular flexibility index (Phi) is 4.42. The molecule has 1 aromatic carbocycles. The van der Waals surface area contributed by atoms with Gasteiger partial charge in [-0.1, -0.05) is 6.07 Å². The van der Waals surface area contributed by atoms with E-state index in [0.717, 1.165) is 5.56 Å². The van der Waals surface area contributed by atoms with Crippen LogP contribution < -0.4 is 9.47 Å². The van der Waals surface area contributed by atoms with Gasteiger partial charge in [0.05, 0.1) is 14.2 Å². The fourth-order valence-corrected chi connectivity index (χ4v) is 1.93. The fraction of sp³-hybridized carbons (Fsp3) is 0.357. The number of benzene rings is 1. The minimum atomic E-state index is -0.242. The Bertz CT molecular complexity index is 639. The zero-order chi connectivity index (χ0) is 15.4. The third kappa shape index (κ3) is 3.31. The molecule has 7 nitrogen and oxygen atoms in total. The van der Waals surface area contributed by atoms with Crippen LogP contribution in [0.5, 0.6) is 11.5 Å². The van der Waals surface area contributed by atoms with Crippen LogP contribution in [0.15, 0.2) is 18.2 Å². The molecule has 112 valence electrons. The van der Waals surface area contributed by atoms with Gasteiger partial charge < -0.3 is 14.4 Å². The summed E-state index contributed by atoms with van der Waals surface area (Å²) in [6, 6.07) is 5.53. The first-order valence-corrected chi connectivity index (χ1v) is 6.40. The second-order valence-corrected chi connectivity index (χ2v) is 4.59. The summed E-state index contributed by atoms with van der Waals surface area (Å²) in [7, 11) is 4.86. The number of rotatable bonds is 5. The molecule has 1 amide bonds. The van der Waals surface area contributed by atoms with Gasteiger partial charge in [0.15, 0.2) is 11.5 Å². The summed E-state index contributed by atoms with van der Waals surface area (Å²) >= 11 is 0. The van der Waals surface area contributed by atoms with Gasteiger partial charge in [0.25, 0.3) is 5.91 Å². The number of aromatic nitrogens is 3. The minimum absolute atomic E-state index is 0.162. The summed E-state index contributed by atoms with van der Waals surface area (Å²) in [6.45, 7) is 2.17. The zero-order valence-electron chi connectivity index (χ0n) is 12.5. The third-order valence-corrected chi connectivity index (χ3v) is 3.00. The van der Waals surface area contributed by atoms with Crippen LogP contribution >= 0.6 is 0 Å². The highest BCUT2D eigenvalue weighted by molar-refractivity contribution is 5.90. The normalized spacial score (nSPS) is 10.3. The Labute approximate surface area is 122 Å². The van der Waals surface area contributed by atoms with Crippen LogP contribution in [-0.4, -0.2) is 47.3 Å². The van der Waals surface area contributed by atoms with E-state index in [1.165, 1.54) is 0 Å². The molecule has 7 heteroatoms. The SMILES string of the molecule is COc1ccc(CN(C)C(=O)c2n[nH]c(C)n2)cc1OC. The number of methoxy groups -OCH3 is 2. The molecule has 0 aliphatic carbocycles. The lowest BCUT2D eigenvalue weighted by Crippen LogP contribution is -2.27. The Hall–Kier alpha value is -2.57. The van der Waals surface area contributed by atoms with Gasteiger partial charge in [0.1, 0.15) is 5.82 Å². The first-order chi connectivity index (χ1) is 10.0. The number of H-pyrrole nitrogens is 1. The summed E-state index contributed by atoms with van der Waals surface area (Å²) in [6.07, 6.45) is 0. The van der Waals surface area contributed by atoms with Crippen LogP contribution in [0.3, 0.4) is 0 Å². The summed E-state index contributed by atoms with van der Waals surface area (Å²) < 4.78 is 10.4. The molecule has 1 N–H and O–H groups in total. The van der Waals surface area contributed by atoms with Gasteiger partial charge in [-0.3, -0.25) is 9.89 Å². The zero-order valence-corrected chi connectivity index (χ0v) is 12.5. The Morgan fingerprint density at radius 2 is 2.00 bits per heavy atom. The molecule has 0 bridgehead atoms. The van der Waals surface area contributed by atoms with Crippen LogP contribution in [-0.2, 0) is 6.54 Å². The summed E-state index contributed by atoms with van der Waals surface area (Å²) in [5.74, 6) is 1.81. The lowest BCUT2D eigenvalue weighted by atomic mass is 10.2. The van der Waals surface area contributed by atoms with E-state index in [-0.39, 0.29) is 11.7 Å². The highest BCUT2D eigenvalue weighted by atomic mass is 16.5. The third-order valence-electron chi connectivity index (χ3n) is 3.00. The maximum atomic E-state index is 12.2. The summed E-state index contributed by atoms with van der Waals surface area (Å²) in [4.78, 5) is 17.7. The predicted molar refractivity (Wildman–Crippen MR) is 76.5 cm³/mol. The van der Waals surface area contributed by atoms with Gasteiger partial charge in [-0.2, -0.15) is 0 Å². The molecule has 0 radical (unpaired) electrons. The quantitative estimate of drug-likeness (QED) is 0.900. The van der Waals surface area contributed by atoms with Gasteiger partial charge in [-0.15, -0.1) is 5.10 Å². The molecule has 0 aliphatic heterocycles. The van der Waals surface area contributed by atoms with E-state index in [1.54, 1.807) is 33.1 Å². The molecule has 21 heavy (non-hydrogen) atoms. The number of carbonyl (C=O) groups is 1. The first-order valence-electron chi connectivity index (χ1n) is 6.40. The van der Waals surface area contributed by atoms with E-state index in [0.29, 0.717) is 23.9 Å². The molecular formula is C14H18N4O3. The van der Waals surface area contributed by atoms with Crippen molar-refractivity contribution in [3.05, 3.63) is 35.4 Å². The van der Waals surface area contributed by atoms with Crippen molar-refractivity contribution in [3.8, 4) is 11.5 Å². The second-order valence-electron chi connectivity index (χ2n) is 4.59. The van der Waals surface area contributed by atoms with Crippen molar-refractivity contribution in [3.63, 3.8) is 0 Å². The Morgan fingerprint density at radius 3 is 2.57 bits per heavy atom. The van der Waals surface area contributed by atoms with Crippen molar-refractivity contribution in [1.82, 2.24) is 20.1 Å². The largest absolute Gasteiger partial charge is 0.493 e. The number of aromatic amines is 1.